The van der Waals surface area contributed by atoms with Crippen molar-refractivity contribution in [3.05, 3.63) is 0 Å². The number of nitrogens with two attached hydrogens (primary N) is 2. The number of aliphatic hydroxyl groups is 1. The second-order valence-corrected chi connectivity index (χ2v) is 7.97. The average molecular weight is 412 g/mol. The van der Waals surface area contributed by atoms with Gasteiger partial charge in [-0.2, -0.15) is 0 Å². The first-order valence-corrected chi connectivity index (χ1v) is 9.99. The molecule has 164 valence electrons. The van der Waals surface area contributed by atoms with E-state index in [9.17, 15) is 24.3 Å². The second-order valence-electron chi connectivity index (χ2n) is 7.97. The molecule has 2 saturated heterocycles. The van der Waals surface area contributed by atoms with Crippen LogP contribution in [0.25, 0.3) is 0 Å². The van der Waals surface area contributed by atoms with Gasteiger partial charge in [-0.05, 0) is 32.1 Å². The first kappa shape index (κ1) is 22.9. The standard InChI is InChI=1S/C18H32N6O5/c1-10(2)14(15(20)26)21-16(27)12-6-4-7-22(12)18(29)24-9-5-8-23(24)17(28)13(19)11(3)25/h10-14,25H,4-9,19H2,1-3H3,(H2,20,26)(H,21,27)/t11-,12+,13+,14+/m1/s1. The number of nitrogens with zero attached hydrogens (tertiary/aromatic N) is 3. The third-order valence-electron chi connectivity index (χ3n) is 5.38. The van der Waals surface area contributed by atoms with Gasteiger partial charge >= 0.3 is 6.03 Å². The normalized spacial score (nSPS) is 22.6. The summed E-state index contributed by atoms with van der Waals surface area (Å²) in [7, 11) is 0. The summed E-state index contributed by atoms with van der Waals surface area (Å²) in [6, 6.07) is -3.17. The zero-order chi connectivity index (χ0) is 21.9. The highest BCUT2D eigenvalue weighted by molar-refractivity contribution is 5.92. The maximum absolute atomic E-state index is 13.1. The summed E-state index contributed by atoms with van der Waals surface area (Å²) in [5.41, 5.74) is 11.1. The van der Waals surface area contributed by atoms with Gasteiger partial charge in [-0.1, -0.05) is 13.8 Å². The fraction of sp³-hybridized carbons (Fsp3) is 0.778. The summed E-state index contributed by atoms with van der Waals surface area (Å²) in [6.45, 7) is 5.94. The number of primary amides is 1. The van der Waals surface area contributed by atoms with E-state index in [0.29, 0.717) is 38.9 Å². The molecule has 2 heterocycles. The van der Waals surface area contributed by atoms with Crippen molar-refractivity contribution in [3.63, 3.8) is 0 Å². The number of carbonyl (C=O) groups is 4. The number of rotatable bonds is 6. The van der Waals surface area contributed by atoms with Gasteiger partial charge in [0.2, 0.25) is 11.8 Å². The zero-order valence-electron chi connectivity index (χ0n) is 17.2. The van der Waals surface area contributed by atoms with E-state index in [2.05, 4.69) is 5.32 Å². The molecule has 11 nitrogen and oxygen atoms in total. The van der Waals surface area contributed by atoms with Crippen LogP contribution in [0.3, 0.4) is 0 Å². The minimum absolute atomic E-state index is 0.185. The Morgan fingerprint density at radius 2 is 1.66 bits per heavy atom. The Bertz CT molecular complexity index is 655. The van der Waals surface area contributed by atoms with Crippen molar-refractivity contribution in [1.29, 1.82) is 0 Å². The molecule has 11 heteroatoms. The van der Waals surface area contributed by atoms with E-state index in [1.165, 1.54) is 21.8 Å². The van der Waals surface area contributed by atoms with Crippen LogP contribution in [0, 0.1) is 5.92 Å². The minimum Gasteiger partial charge on any atom is -0.391 e. The van der Waals surface area contributed by atoms with Crippen molar-refractivity contribution in [2.45, 2.75) is 64.3 Å². The van der Waals surface area contributed by atoms with E-state index in [-0.39, 0.29) is 5.92 Å². The van der Waals surface area contributed by atoms with Crippen LogP contribution in [0.5, 0.6) is 0 Å². The Kier molecular flexibility index (Phi) is 7.42. The molecule has 6 N–H and O–H groups in total. The molecule has 0 bridgehead atoms. The molecule has 2 aliphatic heterocycles. The molecule has 29 heavy (non-hydrogen) atoms. The van der Waals surface area contributed by atoms with Gasteiger partial charge in [-0.3, -0.25) is 14.4 Å². The predicted molar refractivity (Wildman–Crippen MR) is 104 cm³/mol. The van der Waals surface area contributed by atoms with Crippen LogP contribution in [0.4, 0.5) is 4.79 Å². The van der Waals surface area contributed by atoms with E-state index in [0.717, 1.165) is 0 Å². The van der Waals surface area contributed by atoms with Gasteiger partial charge in [0.15, 0.2) is 0 Å². The lowest BCUT2D eigenvalue weighted by atomic mass is 10.0. The SMILES string of the molecule is CC(C)[C@H](NC(=O)[C@@H]1CCCN1C(=O)N1CCCN1C(=O)[C@@H](N)[C@@H](C)O)C(N)=O. The quantitative estimate of drug-likeness (QED) is 0.409. The van der Waals surface area contributed by atoms with Crippen LogP contribution < -0.4 is 16.8 Å². The highest BCUT2D eigenvalue weighted by Crippen LogP contribution is 2.23. The predicted octanol–water partition coefficient (Wildman–Crippen LogP) is -1.65. The molecule has 0 aromatic heterocycles. The lowest BCUT2D eigenvalue weighted by molar-refractivity contribution is -0.144. The van der Waals surface area contributed by atoms with E-state index < -0.39 is 48.0 Å². The summed E-state index contributed by atoms with van der Waals surface area (Å²) in [5.74, 6) is -1.80. The number of likely N-dealkylation sites (tertiary alicyclic amines) is 1. The van der Waals surface area contributed by atoms with Crippen molar-refractivity contribution >= 4 is 23.8 Å². The lowest BCUT2D eigenvalue weighted by Gasteiger charge is -2.35. The van der Waals surface area contributed by atoms with Gasteiger partial charge in [0.05, 0.1) is 6.10 Å². The number of amides is 5. The molecule has 2 fully saturated rings. The molecule has 2 aliphatic rings. The van der Waals surface area contributed by atoms with Crippen molar-refractivity contribution in [2.75, 3.05) is 19.6 Å². The van der Waals surface area contributed by atoms with Crippen molar-refractivity contribution in [2.24, 2.45) is 17.4 Å². The largest absolute Gasteiger partial charge is 0.391 e. The summed E-state index contributed by atoms with van der Waals surface area (Å²) in [5, 5.41) is 14.8. The van der Waals surface area contributed by atoms with Crippen LogP contribution in [-0.4, -0.2) is 87.6 Å². The van der Waals surface area contributed by atoms with Crippen molar-refractivity contribution in [1.82, 2.24) is 20.2 Å². The number of hydrazine groups is 1. The highest BCUT2D eigenvalue weighted by atomic mass is 16.3. The molecular weight excluding hydrogens is 380 g/mol. The third kappa shape index (κ3) is 4.96. The minimum atomic E-state index is -1.14. The van der Waals surface area contributed by atoms with E-state index in [1.807, 2.05) is 0 Å². The van der Waals surface area contributed by atoms with Gasteiger partial charge in [0.25, 0.3) is 5.91 Å². The number of nitrogens with one attached hydrogen (secondary N) is 1. The Morgan fingerprint density at radius 3 is 2.21 bits per heavy atom. The Labute approximate surface area is 170 Å². The first-order valence-electron chi connectivity index (χ1n) is 9.99. The smallest absolute Gasteiger partial charge is 0.339 e. The number of aliphatic hydroxyl groups excluding tert-OH is 1. The van der Waals surface area contributed by atoms with Gasteiger partial charge in [-0.15, -0.1) is 0 Å². The summed E-state index contributed by atoms with van der Waals surface area (Å²) < 4.78 is 0. The van der Waals surface area contributed by atoms with Crippen molar-refractivity contribution in [3.8, 4) is 0 Å². The van der Waals surface area contributed by atoms with Crippen LogP contribution in [0.1, 0.15) is 40.0 Å². The Hall–Kier alpha value is -2.40. The summed E-state index contributed by atoms with van der Waals surface area (Å²) in [4.78, 5) is 51.4. The Morgan fingerprint density at radius 1 is 1.03 bits per heavy atom. The fourth-order valence-corrected chi connectivity index (χ4v) is 3.65. The van der Waals surface area contributed by atoms with E-state index in [1.54, 1.807) is 13.8 Å². The van der Waals surface area contributed by atoms with Gasteiger partial charge in [-0.25, -0.2) is 14.8 Å². The Balaban J connectivity index is 2.11. The topological polar surface area (TPSA) is 162 Å². The zero-order valence-corrected chi connectivity index (χ0v) is 17.2. The molecule has 0 radical (unpaired) electrons. The maximum atomic E-state index is 13.1. The second kappa shape index (κ2) is 9.40. The van der Waals surface area contributed by atoms with Crippen LogP contribution >= 0.6 is 0 Å². The van der Waals surface area contributed by atoms with Crippen LogP contribution in [0.15, 0.2) is 0 Å². The number of hydrogen-bond donors (Lipinski definition) is 4. The van der Waals surface area contributed by atoms with Gasteiger partial charge in [0.1, 0.15) is 18.1 Å². The lowest BCUT2D eigenvalue weighted by Crippen LogP contribution is -2.59. The number of hydrogen-bond acceptors (Lipinski definition) is 6. The highest BCUT2D eigenvalue weighted by Gasteiger charge is 2.42. The molecule has 4 atom stereocenters. The average Bonchev–Trinajstić information content (AvgIpc) is 3.32. The molecule has 0 spiro atoms. The molecule has 0 unspecified atom stereocenters. The first-order chi connectivity index (χ1) is 13.6. The number of urea groups is 1. The molecule has 0 saturated carbocycles. The molecule has 0 aromatic rings. The monoisotopic (exact) mass is 412 g/mol. The number of carbonyl (C=O) groups excluding carboxylic acids is 4. The van der Waals surface area contributed by atoms with Gasteiger partial charge < -0.3 is 26.8 Å². The van der Waals surface area contributed by atoms with E-state index in [4.69, 9.17) is 11.5 Å². The maximum Gasteiger partial charge on any atom is 0.339 e. The fourth-order valence-electron chi connectivity index (χ4n) is 3.65. The third-order valence-corrected chi connectivity index (χ3v) is 5.38. The molecule has 5 amide bonds. The molecule has 0 aliphatic carbocycles. The van der Waals surface area contributed by atoms with Crippen molar-refractivity contribution < 1.29 is 24.3 Å². The summed E-state index contributed by atoms with van der Waals surface area (Å²) >= 11 is 0. The van der Waals surface area contributed by atoms with Crippen LogP contribution in [0.2, 0.25) is 0 Å². The molecular formula is C18H32N6O5. The van der Waals surface area contributed by atoms with Gasteiger partial charge in [0, 0.05) is 19.6 Å². The molecule has 0 aromatic carbocycles. The summed E-state index contributed by atoms with van der Waals surface area (Å²) in [6.07, 6.45) is 0.607. The van der Waals surface area contributed by atoms with Crippen LogP contribution in [-0.2, 0) is 14.4 Å². The van der Waals surface area contributed by atoms with E-state index >= 15 is 0 Å². The molecule has 2 rings (SSSR count).